The van der Waals surface area contributed by atoms with E-state index in [-0.39, 0.29) is 5.91 Å². The number of carbonyl (C=O) groups is 1. The first kappa shape index (κ1) is 10.8. The molecule has 0 saturated heterocycles. The number of aromatic nitrogens is 1. The average molecular weight is 235 g/mol. The maximum Gasteiger partial charge on any atom is 0.227 e. The smallest absolute Gasteiger partial charge is 0.227 e. The molecular weight excluding hydrogens is 222 g/mol. The molecule has 0 bridgehead atoms. The van der Waals surface area contributed by atoms with Gasteiger partial charge in [0.15, 0.2) is 0 Å². The van der Waals surface area contributed by atoms with Crippen molar-refractivity contribution in [2.75, 3.05) is 0 Å². The number of para-hydroxylation sites is 1. The zero-order valence-electron chi connectivity index (χ0n) is 10.1. The van der Waals surface area contributed by atoms with Gasteiger partial charge in [-0.1, -0.05) is 48.5 Å². The minimum Gasteiger partial charge on any atom is -0.287 e. The van der Waals surface area contributed by atoms with E-state index < -0.39 is 0 Å². The highest BCUT2D eigenvalue weighted by Crippen LogP contribution is 2.29. The molecule has 3 rings (SSSR count). The van der Waals surface area contributed by atoms with Gasteiger partial charge in [-0.2, -0.15) is 0 Å². The molecule has 0 atom stereocenters. The molecule has 3 aromatic rings. The molecule has 18 heavy (non-hydrogen) atoms. The van der Waals surface area contributed by atoms with Gasteiger partial charge in [-0.25, -0.2) is 0 Å². The van der Waals surface area contributed by atoms with Gasteiger partial charge in [0.1, 0.15) is 0 Å². The third kappa shape index (κ3) is 1.63. The highest BCUT2D eigenvalue weighted by Gasteiger charge is 2.10. The second-order valence-electron chi connectivity index (χ2n) is 4.31. The van der Waals surface area contributed by atoms with Crippen LogP contribution in [-0.4, -0.2) is 10.5 Å². The van der Waals surface area contributed by atoms with Crippen LogP contribution in [0.25, 0.3) is 22.0 Å². The normalized spacial score (nSPS) is 10.7. The zero-order chi connectivity index (χ0) is 12.5. The Morgan fingerprint density at radius 1 is 0.944 bits per heavy atom. The first-order chi connectivity index (χ1) is 8.77. The van der Waals surface area contributed by atoms with E-state index in [0.717, 1.165) is 22.0 Å². The molecule has 1 heterocycles. The van der Waals surface area contributed by atoms with Crippen molar-refractivity contribution in [3.05, 3.63) is 60.8 Å². The predicted molar refractivity (Wildman–Crippen MR) is 73.7 cm³/mol. The summed E-state index contributed by atoms with van der Waals surface area (Å²) in [5.74, 6) is 0.0355. The molecule has 0 saturated carbocycles. The fourth-order valence-electron chi connectivity index (χ4n) is 2.31. The monoisotopic (exact) mass is 235 g/mol. The van der Waals surface area contributed by atoms with Gasteiger partial charge >= 0.3 is 0 Å². The minimum atomic E-state index is 0.0355. The van der Waals surface area contributed by atoms with Crippen LogP contribution in [0.2, 0.25) is 0 Å². The molecule has 0 radical (unpaired) electrons. The molecular formula is C16H13NO. The first-order valence-corrected chi connectivity index (χ1v) is 5.94. The Hall–Kier alpha value is -2.35. The van der Waals surface area contributed by atoms with Crippen LogP contribution >= 0.6 is 0 Å². The fraction of sp³-hybridized carbons (Fsp3) is 0.0625. The Morgan fingerprint density at radius 2 is 1.72 bits per heavy atom. The second-order valence-corrected chi connectivity index (χ2v) is 4.31. The van der Waals surface area contributed by atoms with Crippen molar-refractivity contribution in [1.29, 1.82) is 0 Å². The summed E-state index contributed by atoms with van der Waals surface area (Å²) < 4.78 is 1.71. The molecule has 88 valence electrons. The lowest BCUT2D eigenvalue weighted by Crippen LogP contribution is -2.03. The van der Waals surface area contributed by atoms with E-state index in [1.165, 1.54) is 0 Å². The van der Waals surface area contributed by atoms with Crippen molar-refractivity contribution in [3.63, 3.8) is 0 Å². The Bertz CT molecular complexity index is 710. The van der Waals surface area contributed by atoms with Crippen LogP contribution in [0.1, 0.15) is 11.7 Å². The summed E-state index contributed by atoms with van der Waals surface area (Å²) >= 11 is 0. The van der Waals surface area contributed by atoms with E-state index in [9.17, 15) is 4.79 Å². The minimum absolute atomic E-state index is 0.0355. The molecule has 2 aromatic carbocycles. The summed E-state index contributed by atoms with van der Waals surface area (Å²) in [4.78, 5) is 11.7. The molecule has 0 spiro atoms. The molecule has 1 aromatic heterocycles. The summed E-state index contributed by atoms with van der Waals surface area (Å²) in [6.07, 6.45) is 1.83. The number of hydrogen-bond donors (Lipinski definition) is 0. The van der Waals surface area contributed by atoms with Gasteiger partial charge in [0.25, 0.3) is 0 Å². The lowest BCUT2D eigenvalue weighted by atomic mass is 10.0. The quantitative estimate of drug-likeness (QED) is 0.625. The van der Waals surface area contributed by atoms with Gasteiger partial charge in [0.2, 0.25) is 5.91 Å². The molecule has 0 aliphatic rings. The molecule has 0 aliphatic carbocycles. The van der Waals surface area contributed by atoms with Gasteiger partial charge in [0, 0.05) is 24.1 Å². The van der Waals surface area contributed by atoms with Crippen LogP contribution in [0.4, 0.5) is 0 Å². The Morgan fingerprint density at radius 3 is 2.44 bits per heavy atom. The summed E-state index contributed by atoms with van der Waals surface area (Å²) in [5, 5.41) is 1.09. The van der Waals surface area contributed by atoms with Gasteiger partial charge in [-0.3, -0.25) is 9.36 Å². The second kappa shape index (κ2) is 4.15. The van der Waals surface area contributed by atoms with Crippen LogP contribution < -0.4 is 0 Å². The zero-order valence-corrected chi connectivity index (χ0v) is 10.1. The van der Waals surface area contributed by atoms with E-state index in [2.05, 4.69) is 18.2 Å². The van der Waals surface area contributed by atoms with Crippen LogP contribution in [0, 0.1) is 0 Å². The van der Waals surface area contributed by atoms with E-state index in [1.807, 2.05) is 42.6 Å². The van der Waals surface area contributed by atoms with Gasteiger partial charge in [-0.05, 0) is 11.6 Å². The molecule has 0 amide bonds. The third-order valence-electron chi connectivity index (χ3n) is 3.14. The third-order valence-corrected chi connectivity index (χ3v) is 3.14. The number of benzene rings is 2. The maximum absolute atomic E-state index is 11.7. The van der Waals surface area contributed by atoms with E-state index in [1.54, 1.807) is 11.5 Å². The van der Waals surface area contributed by atoms with Gasteiger partial charge in [-0.15, -0.1) is 0 Å². The van der Waals surface area contributed by atoms with Crippen molar-refractivity contribution in [1.82, 2.24) is 4.57 Å². The van der Waals surface area contributed by atoms with Crippen molar-refractivity contribution in [3.8, 4) is 11.1 Å². The van der Waals surface area contributed by atoms with Crippen LogP contribution in [0.5, 0.6) is 0 Å². The van der Waals surface area contributed by atoms with E-state index >= 15 is 0 Å². The number of nitrogens with zero attached hydrogens (tertiary/aromatic N) is 1. The van der Waals surface area contributed by atoms with Crippen molar-refractivity contribution >= 4 is 16.8 Å². The molecule has 0 fully saturated rings. The summed E-state index contributed by atoms with van der Waals surface area (Å²) in [6.45, 7) is 1.58. The van der Waals surface area contributed by atoms with E-state index in [0.29, 0.717) is 0 Å². The average Bonchev–Trinajstić information content (AvgIpc) is 2.83. The molecule has 0 N–H and O–H groups in total. The number of fused-ring (bicyclic) bond motifs is 1. The highest BCUT2D eigenvalue weighted by molar-refractivity contribution is 6.00. The molecule has 2 nitrogen and oxygen atoms in total. The number of rotatable bonds is 1. The van der Waals surface area contributed by atoms with Crippen LogP contribution in [0.15, 0.2) is 60.8 Å². The molecule has 2 heteroatoms. The topological polar surface area (TPSA) is 22.0 Å². The van der Waals surface area contributed by atoms with Crippen molar-refractivity contribution in [2.45, 2.75) is 6.92 Å². The molecule has 0 unspecified atom stereocenters. The Kier molecular flexibility index (Phi) is 2.49. The first-order valence-electron chi connectivity index (χ1n) is 5.94. The lowest BCUT2D eigenvalue weighted by Gasteiger charge is -2.07. The van der Waals surface area contributed by atoms with Gasteiger partial charge in [0.05, 0.1) is 5.52 Å². The van der Waals surface area contributed by atoms with Crippen LogP contribution in [-0.2, 0) is 0 Å². The maximum atomic E-state index is 11.7. The van der Waals surface area contributed by atoms with Gasteiger partial charge < -0.3 is 0 Å². The Labute approximate surface area is 105 Å². The standard InChI is InChI=1S/C16H13NO/c1-12(18)17-11-10-14-8-5-9-15(16(14)17)13-6-3-2-4-7-13/h2-11H,1H3. The summed E-state index contributed by atoms with van der Waals surface area (Å²) in [6, 6.07) is 18.2. The largest absolute Gasteiger partial charge is 0.287 e. The SMILES string of the molecule is CC(=O)n1ccc2cccc(-c3ccccc3)c21. The van der Waals surface area contributed by atoms with E-state index in [4.69, 9.17) is 0 Å². The summed E-state index contributed by atoms with van der Waals surface area (Å²) in [7, 11) is 0. The fourth-order valence-corrected chi connectivity index (χ4v) is 2.31. The van der Waals surface area contributed by atoms with Crippen LogP contribution in [0.3, 0.4) is 0 Å². The van der Waals surface area contributed by atoms with Crippen molar-refractivity contribution < 1.29 is 4.79 Å². The highest BCUT2D eigenvalue weighted by atomic mass is 16.1. The predicted octanol–water partition coefficient (Wildman–Crippen LogP) is 3.97. The van der Waals surface area contributed by atoms with Crippen molar-refractivity contribution in [2.24, 2.45) is 0 Å². The summed E-state index contributed by atoms with van der Waals surface area (Å²) in [5.41, 5.74) is 3.20. The molecule has 0 aliphatic heterocycles. The number of carbonyl (C=O) groups excluding carboxylic acids is 1. The number of hydrogen-bond acceptors (Lipinski definition) is 1. The Balaban J connectivity index is 2.36. The lowest BCUT2D eigenvalue weighted by molar-refractivity contribution is 0.0942.